The molecule has 27 heavy (non-hydrogen) atoms. The molecule has 0 bridgehead atoms. The number of piperidine rings is 1. The summed E-state index contributed by atoms with van der Waals surface area (Å²) >= 11 is 0. The Labute approximate surface area is 164 Å². The number of urea groups is 1. The van der Waals surface area contributed by atoms with Crippen LogP contribution in [-0.2, 0) is 4.79 Å². The number of hydrogen-bond donors (Lipinski definition) is 2. The molecule has 156 valence electrons. The van der Waals surface area contributed by atoms with Crippen LogP contribution in [0, 0.1) is 17.8 Å². The van der Waals surface area contributed by atoms with E-state index < -0.39 is 5.97 Å². The normalized spacial score (nSPS) is 24.4. The van der Waals surface area contributed by atoms with Crippen LogP contribution in [0.25, 0.3) is 0 Å². The first-order chi connectivity index (χ1) is 12.9. The van der Waals surface area contributed by atoms with Crippen LogP contribution in [0.4, 0.5) is 4.79 Å². The molecule has 2 rings (SSSR count). The van der Waals surface area contributed by atoms with Crippen molar-refractivity contribution in [3.05, 3.63) is 0 Å². The van der Waals surface area contributed by atoms with E-state index in [4.69, 9.17) is 5.11 Å². The monoisotopic (exact) mass is 381 g/mol. The molecule has 1 aliphatic heterocycles. The SMILES string of the molecule is CCN(CCC1CCN(C(=O)NC2CCC(C(=O)O)CC2)CC1)CC(C)C. The van der Waals surface area contributed by atoms with Crippen molar-refractivity contribution in [2.45, 2.75) is 71.8 Å². The molecular formula is C21H39N3O3. The van der Waals surface area contributed by atoms with Gasteiger partial charge in [-0.1, -0.05) is 20.8 Å². The molecule has 2 fully saturated rings. The zero-order valence-electron chi connectivity index (χ0n) is 17.5. The van der Waals surface area contributed by atoms with Gasteiger partial charge in [-0.15, -0.1) is 0 Å². The summed E-state index contributed by atoms with van der Waals surface area (Å²) in [6.45, 7) is 11.9. The summed E-state index contributed by atoms with van der Waals surface area (Å²) in [7, 11) is 0. The van der Waals surface area contributed by atoms with E-state index in [1.165, 1.54) is 19.5 Å². The van der Waals surface area contributed by atoms with Gasteiger partial charge in [-0.25, -0.2) is 4.79 Å². The Morgan fingerprint density at radius 3 is 2.26 bits per heavy atom. The Kier molecular flexibility index (Phi) is 8.87. The molecule has 1 saturated carbocycles. The minimum atomic E-state index is -0.697. The Morgan fingerprint density at radius 2 is 1.74 bits per heavy atom. The van der Waals surface area contributed by atoms with Crippen LogP contribution in [0.15, 0.2) is 0 Å². The minimum Gasteiger partial charge on any atom is -0.481 e. The van der Waals surface area contributed by atoms with Crippen molar-refractivity contribution in [3.63, 3.8) is 0 Å². The molecule has 0 unspecified atom stereocenters. The summed E-state index contributed by atoms with van der Waals surface area (Å²) in [6, 6.07) is 0.183. The van der Waals surface area contributed by atoms with Crippen LogP contribution in [0.2, 0.25) is 0 Å². The third-order valence-corrected chi connectivity index (χ3v) is 6.23. The topological polar surface area (TPSA) is 72.9 Å². The number of nitrogens with zero attached hydrogens (tertiary/aromatic N) is 2. The summed E-state index contributed by atoms with van der Waals surface area (Å²) in [4.78, 5) is 28.0. The first-order valence-corrected chi connectivity index (χ1v) is 10.9. The quantitative estimate of drug-likeness (QED) is 0.676. The zero-order chi connectivity index (χ0) is 19.8. The molecular weight excluding hydrogens is 342 g/mol. The van der Waals surface area contributed by atoms with E-state index in [9.17, 15) is 9.59 Å². The van der Waals surface area contributed by atoms with Crippen LogP contribution in [0.5, 0.6) is 0 Å². The molecule has 1 saturated heterocycles. The number of carbonyl (C=O) groups excluding carboxylic acids is 1. The fourth-order valence-electron chi connectivity index (χ4n) is 4.44. The highest BCUT2D eigenvalue weighted by atomic mass is 16.4. The van der Waals surface area contributed by atoms with Gasteiger partial charge >= 0.3 is 12.0 Å². The highest BCUT2D eigenvalue weighted by Crippen LogP contribution is 2.25. The van der Waals surface area contributed by atoms with Crippen molar-refractivity contribution >= 4 is 12.0 Å². The van der Waals surface area contributed by atoms with Crippen LogP contribution in [0.1, 0.15) is 65.7 Å². The molecule has 2 aliphatic rings. The largest absolute Gasteiger partial charge is 0.481 e. The van der Waals surface area contributed by atoms with E-state index in [2.05, 4.69) is 31.0 Å². The summed E-state index contributed by atoms with van der Waals surface area (Å²) in [6.07, 6.45) is 6.33. The Balaban J connectivity index is 1.65. The second-order valence-corrected chi connectivity index (χ2v) is 8.84. The fourth-order valence-corrected chi connectivity index (χ4v) is 4.44. The van der Waals surface area contributed by atoms with Gasteiger partial charge in [0.2, 0.25) is 0 Å². The van der Waals surface area contributed by atoms with Gasteiger partial charge in [0.05, 0.1) is 5.92 Å². The maximum Gasteiger partial charge on any atom is 0.317 e. The molecule has 0 atom stereocenters. The summed E-state index contributed by atoms with van der Waals surface area (Å²) < 4.78 is 0. The van der Waals surface area contributed by atoms with Crippen LogP contribution in [0.3, 0.4) is 0 Å². The molecule has 0 spiro atoms. The number of aliphatic carboxylic acids is 1. The number of carboxylic acid groups (broad SMARTS) is 1. The Morgan fingerprint density at radius 1 is 1.11 bits per heavy atom. The van der Waals surface area contributed by atoms with Gasteiger partial charge < -0.3 is 20.2 Å². The van der Waals surface area contributed by atoms with Crippen LogP contribution in [-0.4, -0.2) is 65.7 Å². The fraction of sp³-hybridized carbons (Fsp3) is 0.905. The number of amides is 2. The van der Waals surface area contributed by atoms with Crippen LogP contribution < -0.4 is 5.32 Å². The standard InChI is InChI=1S/C21H39N3O3/c1-4-23(15-16(2)3)12-9-17-10-13-24(14-11-17)21(27)22-19-7-5-18(6-8-19)20(25)26/h16-19H,4-15H2,1-3H3,(H,22,27)(H,25,26). The molecule has 0 radical (unpaired) electrons. The molecule has 0 aromatic rings. The van der Waals surface area contributed by atoms with E-state index in [1.807, 2.05) is 4.90 Å². The first kappa shape index (κ1) is 22.0. The lowest BCUT2D eigenvalue weighted by Gasteiger charge is -2.35. The Hall–Kier alpha value is -1.30. The average Bonchev–Trinajstić information content (AvgIpc) is 2.65. The summed E-state index contributed by atoms with van der Waals surface area (Å²) in [5, 5.41) is 12.2. The smallest absolute Gasteiger partial charge is 0.317 e. The van der Waals surface area contributed by atoms with E-state index in [0.29, 0.717) is 18.8 Å². The molecule has 1 aliphatic carbocycles. The van der Waals surface area contributed by atoms with Gasteiger partial charge in [0.25, 0.3) is 0 Å². The zero-order valence-corrected chi connectivity index (χ0v) is 17.5. The predicted octanol–water partition coefficient (Wildman–Crippen LogP) is 3.42. The molecule has 6 heteroatoms. The maximum atomic E-state index is 12.5. The van der Waals surface area contributed by atoms with Crippen LogP contribution >= 0.6 is 0 Å². The number of rotatable bonds is 8. The first-order valence-electron chi connectivity index (χ1n) is 10.9. The predicted molar refractivity (Wildman–Crippen MR) is 108 cm³/mol. The van der Waals surface area contributed by atoms with Gasteiger partial charge in [-0.2, -0.15) is 0 Å². The van der Waals surface area contributed by atoms with Crippen molar-refractivity contribution in [2.24, 2.45) is 17.8 Å². The van der Waals surface area contributed by atoms with Gasteiger partial charge in [0.1, 0.15) is 0 Å². The van der Waals surface area contributed by atoms with Gasteiger partial charge in [-0.3, -0.25) is 4.79 Å². The Bertz CT molecular complexity index is 467. The molecule has 1 heterocycles. The molecule has 0 aromatic heterocycles. The average molecular weight is 382 g/mol. The summed E-state index contributed by atoms with van der Waals surface area (Å²) in [5.74, 6) is 0.506. The van der Waals surface area contributed by atoms with E-state index in [1.54, 1.807) is 0 Å². The third-order valence-electron chi connectivity index (χ3n) is 6.23. The third kappa shape index (κ3) is 7.32. The molecule has 2 amide bonds. The van der Waals surface area contributed by atoms with E-state index >= 15 is 0 Å². The second kappa shape index (κ2) is 10.9. The summed E-state index contributed by atoms with van der Waals surface area (Å²) in [5.41, 5.74) is 0. The lowest BCUT2D eigenvalue weighted by Crippen LogP contribution is -2.49. The number of carboxylic acids is 1. The number of likely N-dealkylation sites (tertiary alicyclic amines) is 1. The molecule has 6 nitrogen and oxygen atoms in total. The number of nitrogens with one attached hydrogen (secondary N) is 1. The van der Waals surface area contributed by atoms with Crippen molar-refractivity contribution < 1.29 is 14.7 Å². The van der Waals surface area contributed by atoms with Crippen molar-refractivity contribution in [3.8, 4) is 0 Å². The van der Waals surface area contributed by atoms with Crippen molar-refractivity contribution in [2.75, 3.05) is 32.7 Å². The molecule has 2 N–H and O–H groups in total. The lowest BCUT2D eigenvalue weighted by atomic mass is 9.86. The van der Waals surface area contributed by atoms with E-state index in [-0.39, 0.29) is 18.0 Å². The van der Waals surface area contributed by atoms with Gasteiger partial charge in [0, 0.05) is 25.7 Å². The maximum absolute atomic E-state index is 12.5. The lowest BCUT2D eigenvalue weighted by molar-refractivity contribution is -0.142. The number of hydrogen-bond acceptors (Lipinski definition) is 3. The highest BCUT2D eigenvalue weighted by molar-refractivity contribution is 5.74. The van der Waals surface area contributed by atoms with Crippen molar-refractivity contribution in [1.29, 1.82) is 0 Å². The number of carbonyl (C=O) groups is 2. The van der Waals surface area contributed by atoms with Crippen molar-refractivity contribution in [1.82, 2.24) is 15.1 Å². The molecule has 0 aromatic carbocycles. The second-order valence-electron chi connectivity index (χ2n) is 8.84. The highest BCUT2D eigenvalue weighted by Gasteiger charge is 2.29. The van der Waals surface area contributed by atoms with Gasteiger partial charge in [0.15, 0.2) is 0 Å². The van der Waals surface area contributed by atoms with E-state index in [0.717, 1.165) is 51.2 Å². The minimum absolute atomic E-state index is 0.0437. The van der Waals surface area contributed by atoms with Gasteiger partial charge in [-0.05, 0) is 69.9 Å².